The van der Waals surface area contributed by atoms with Crippen LogP contribution in [-0.2, 0) is 31.7 Å². The number of benzene rings is 2. The van der Waals surface area contributed by atoms with E-state index in [1.807, 2.05) is 12.1 Å². The van der Waals surface area contributed by atoms with Crippen LogP contribution in [0.2, 0.25) is 10.0 Å². The molecule has 0 aliphatic carbocycles. The van der Waals surface area contributed by atoms with Gasteiger partial charge in [0.1, 0.15) is 23.6 Å². The van der Waals surface area contributed by atoms with Crippen molar-refractivity contribution in [1.82, 2.24) is 14.9 Å². The number of likely N-dealkylation sites (N-methyl/N-ethyl adjacent to an activating group) is 1. The number of ether oxygens (including phenoxy) is 2. The van der Waals surface area contributed by atoms with Gasteiger partial charge in [-0.15, -0.1) is 0 Å². The molecule has 1 aliphatic heterocycles. The number of nitrogens with zero attached hydrogens (tertiary/aromatic N) is 5. The van der Waals surface area contributed by atoms with Crippen molar-refractivity contribution < 1.29 is 39.9 Å². The van der Waals surface area contributed by atoms with E-state index in [9.17, 15) is 9.59 Å². The van der Waals surface area contributed by atoms with Crippen molar-refractivity contribution in [2.75, 3.05) is 62.6 Å². The molecule has 2 amide bonds. The topological polar surface area (TPSA) is 170 Å². The molecule has 49 heavy (non-hydrogen) atoms. The SMILES string of the molecule is C=CC(=O)Nc1cc(N2CCN(C(C)C)CC2)ccc1Cc1cc(N(C)C(=O)Cc2c(Cl)c(OC)cc(OC)c2Cl)ncn1.O=[P+]([O-])OO.[HH]. The van der Waals surface area contributed by atoms with Crippen LogP contribution in [-0.4, -0.2) is 85.4 Å². The number of anilines is 3. The molecule has 1 fully saturated rings. The molecule has 0 saturated carbocycles. The largest absolute Gasteiger partial charge is 0.565 e. The Kier molecular flexibility index (Phi) is 15.1. The summed E-state index contributed by atoms with van der Waals surface area (Å²) in [5, 5.41) is 10.5. The van der Waals surface area contributed by atoms with Crippen LogP contribution in [0.15, 0.2) is 49.3 Å². The van der Waals surface area contributed by atoms with Gasteiger partial charge in [-0.3, -0.25) is 19.4 Å². The highest BCUT2D eigenvalue weighted by Crippen LogP contribution is 2.41. The zero-order chi connectivity index (χ0) is 36.2. The van der Waals surface area contributed by atoms with Crippen LogP contribution in [0, 0.1) is 0 Å². The van der Waals surface area contributed by atoms with Gasteiger partial charge in [0.25, 0.3) is 0 Å². The summed E-state index contributed by atoms with van der Waals surface area (Å²) in [7, 11) is 1.53. The van der Waals surface area contributed by atoms with Gasteiger partial charge in [-0.2, -0.15) is 0 Å². The Morgan fingerprint density at radius 2 is 1.73 bits per heavy atom. The van der Waals surface area contributed by atoms with Gasteiger partial charge < -0.3 is 24.6 Å². The third-order valence-corrected chi connectivity index (χ3v) is 8.77. The minimum absolute atomic E-state index is 0. The van der Waals surface area contributed by atoms with E-state index in [0.29, 0.717) is 46.7 Å². The zero-order valence-corrected chi connectivity index (χ0v) is 30.2. The van der Waals surface area contributed by atoms with Gasteiger partial charge in [0, 0.05) is 80.9 Å². The third-order valence-electron chi connectivity index (χ3n) is 7.80. The zero-order valence-electron chi connectivity index (χ0n) is 27.8. The highest BCUT2D eigenvalue weighted by atomic mass is 35.5. The van der Waals surface area contributed by atoms with Crippen LogP contribution in [0.5, 0.6) is 11.5 Å². The van der Waals surface area contributed by atoms with Gasteiger partial charge in [-0.05, 0) is 42.2 Å². The number of carbonyl (C=O) groups is 2. The predicted octanol–water partition coefficient (Wildman–Crippen LogP) is 4.99. The number of carbonyl (C=O) groups excluding carboxylic acids is 2. The Bertz CT molecular complexity index is 1630. The number of rotatable bonds is 12. The molecule has 4 rings (SSSR count). The summed E-state index contributed by atoms with van der Waals surface area (Å²) in [5.41, 5.74) is 3.65. The van der Waals surface area contributed by atoms with Crippen LogP contribution in [0.3, 0.4) is 0 Å². The lowest BCUT2D eigenvalue weighted by atomic mass is 10.0. The summed E-state index contributed by atoms with van der Waals surface area (Å²) in [6.45, 7) is 11.8. The molecule has 0 bridgehead atoms. The van der Waals surface area contributed by atoms with Crippen LogP contribution in [0.25, 0.3) is 0 Å². The molecule has 2 heterocycles. The summed E-state index contributed by atoms with van der Waals surface area (Å²) in [4.78, 5) is 49.6. The summed E-state index contributed by atoms with van der Waals surface area (Å²) in [6.07, 6.45) is 2.95. The molecule has 3 aromatic rings. The maximum atomic E-state index is 13.3. The Hall–Kier alpha value is -3.88. The van der Waals surface area contributed by atoms with Crippen molar-refractivity contribution in [3.05, 3.63) is 76.2 Å². The molecule has 266 valence electrons. The number of aromatic nitrogens is 2. The molecule has 2 N–H and O–H groups in total. The van der Waals surface area contributed by atoms with E-state index in [2.05, 4.69) is 56.3 Å². The average Bonchev–Trinajstić information content (AvgIpc) is 3.10. The van der Waals surface area contributed by atoms with E-state index in [0.717, 1.165) is 37.4 Å². The monoisotopic (exact) mass is 738 g/mol. The number of hydrogen-bond acceptors (Lipinski definition) is 12. The maximum absolute atomic E-state index is 13.3. The molecule has 1 saturated heterocycles. The summed E-state index contributed by atoms with van der Waals surface area (Å²) < 4.78 is 22.3. The number of methoxy groups -OCH3 is 2. The second-order valence-corrected chi connectivity index (χ2v) is 12.4. The van der Waals surface area contributed by atoms with E-state index in [4.69, 9.17) is 47.4 Å². The second kappa shape index (κ2) is 18.8. The smallest absolute Gasteiger partial charge is 0.521 e. The molecule has 2 aromatic carbocycles. The Morgan fingerprint density at radius 3 is 2.27 bits per heavy atom. The fraction of sp³-hybridized carbons (Fsp3) is 0.375. The van der Waals surface area contributed by atoms with Gasteiger partial charge in [0.05, 0.1) is 36.4 Å². The summed E-state index contributed by atoms with van der Waals surface area (Å²) in [5.74, 6) is 0.512. The van der Waals surface area contributed by atoms with Gasteiger partial charge >= 0.3 is 8.25 Å². The Labute approximate surface area is 297 Å². The number of halogens is 2. The molecule has 14 nitrogen and oxygen atoms in total. The Morgan fingerprint density at radius 1 is 1.12 bits per heavy atom. The molecule has 0 radical (unpaired) electrons. The maximum Gasteiger partial charge on any atom is 0.521 e. The molecule has 17 heteroatoms. The van der Waals surface area contributed by atoms with Crippen molar-refractivity contribution in [1.29, 1.82) is 0 Å². The van der Waals surface area contributed by atoms with E-state index < -0.39 is 8.25 Å². The van der Waals surface area contributed by atoms with Crippen molar-refractivity contribution in [2.45, 2.75) is 32.7 Å². The molecule has 1 aromatic heterocycles. The molecule has 1 atom stereocenters. The second-order valence-electron chi connectivity index (χ2n) is 11.0. The van der Waals surface area contributed by atoms with Crippen molar-refractivity contribution in [3.63, 3.8) is 0 Å². The minimum atomic E-state index is -3.04. The van der Waals surface area contributed by atoms with E-state index in [-0.39, 0.29) is 29.7 Å². The lowest BCUT2D eigenvalue weighted by Crippen LogP contribution is -2.48. The quantitative estimate of drug-likeness (QED) is 0.111. The fourth-order valence-corrected chi connectivity index (χ4v) is 5.70. The van der Waals surface area contributed by atoms with Gasteiger partial charge in [0.2, 0.25) is 11.8 Å². The Balaban J connectivity index is 0.00000135. The lowest BCUT2D eigenvalue weighted by molar-refractivity contribution is -0.244. The third kappa shape index (κ3) is 10.8. The van der Waals surface area contributed by atoms with E-state index >= 15 is 0 Å². The minimum Gasteiger partial charge on any atom is -0.565 e. The van der Waals surface area contributed by atoms with Gasteiger partial charge in [-0.1, -0.05) is 35.8 Å². The molecule has 0 spiro atoms. The number of piperazine rings is 1. The van der Waals surface area contributed by atoms with Gasteiger partial charge in [0.15, 0.2) is 0 Å². The van der Waals surface area contributed by atoms with Crippen LogP contribution in [0.4, 0.5) is 17.2 Å². The highest BCUT2D eigenvalue weighted by Gasteiger charge is 2.23. The lowest BCUT2D eigenvalue weighted by Gasteiger charge is -2.38. The van der Waals surface area contributed by atoms with Crippen molar-refractivity contribution >= 4 is 60.5 Å². The normalized spacial score (nSPS) is 13.3. The van der Waals surface area contributed by atoms with E-state index in [1.165, 1.54) is 31.5 Å². The number of amides is 2. The average molecular weight is 740 g/mol. The van der Waals surface area contributed by atoms with Crippen LogP contribution < -0.4 is 29.5 Å². The first kappa shape index (κ1) is 39.6. The van der Waals surface area contributed by atoms with Crippen LogP contribution in [0.1, 0.15) is 32.1 Å². The standard InChI is InChI=1S/C32H38Cl2N6O4.HO4P.H2/c1-7-29(41)37-25-16-23(40-12-10-39(11-13-40)20(2)3)9-8-21(25)14-22-15-28(36-19-35-22)38(4)30(42)17-24-31(33)26(43-5)18-27(44-6)32(24)34;1-4-5(2)3;/h7-9,15-16,18-20H,1,10-14,17H2,2-6H3,(H,37,41);1H;1H. The number of nitrogens with one attached hydrogen (secondary N) is 1. The highest BCUT2D eigenvalue weighted by molar-refractivity contribution is 7.30. The van der Waals surface area contributed by atoms with Crippen molar-refractivity contribution in [2.24, 2.45) is 0 Å². The molecule has 1 aliphatic rings. The summed E-state index contributed by atoms with van der Waals surface area (Å²) >= 11 is 13.0. The molecular formula is C32H41Cl2N6O8P. The predicted molar refractivity (Wildman–Crippen MR) is 189 cm³/mol. The summed E-state index contributed by atoms with van der Waals surface area (Å²) in [6, 6.07) is 9.89. The van der Waals surface area contributed by atoms with Crippen molar-refractivity contribution in [3.8, 4) is 11.5 Å². The van der Waals surface area contributed by atoms with E-state index in [1.54, 1.807) is 19.2 Å². The first-order valence-corrected chi connectivity index (χ1v) is 16.9. The van der Waals surface area contributed by atoms with Gasteiger partial charge in [-0.25, -0.2) is 15.2 Å². The fourth-order valence-electron chi connectivity index (χ4n) is 5.06. The molecule has 1 unspecified atom stereocenters. The first-order chi connectivity index (χ1) is 23.3. The molecular weight excluding hydrogens is 698 g/mol. The first-order valence-electron chi connectivity index (χ1n) is 15.0. The number of hydrogen-bond donors (Lipinski definition) is 2. The van der Waals surface area contributed by atoms with Crippen LogP contribution >= 0.6 is 31.5 Å².